The van der Waals surface area contributed by atoms with E-state index in [1.54, 1.807) is 0 Å². The Hall–Kier alpha value is -8.80. The van der Waals surface area contributed by atoms with Crippen LogP contribution in [-0.2, 0) is 124 Å². The lowest BCUT2D eigenvalue weighted by atomic mass is 10.1. The maximum absolute atomic E-state index is 16.1. The second kappa shape index (κ2) is 43.6. The second-order valence-corrected chi connectivity index (χ2v) is 27.4. The van der Waals surface area contributed by atoms with Gasteiger partial charge in [0.2, 0.25) is 0 Å². The zero-order chi connectivity index (χ0) is 75.8. The summed E-state index contributed by atoms with van der Waals surface area (Å²) in [4.78, 5) is 24.0. The number of ether oxygens (including phenoxy) is 13. The smallest absolute Gasteiger partial charge is 0.306 e. The molecule has 10 aromatic rings. The van der Waals surface area contributed by atoms with Crippen molar-refractivity contribution in [2.45, 2.75) is 185 Å². The summed E-state index contributed by atoms with van der Waals surface area (Å²) in [6.07, 6.45) is -13.5. The molecule has 12 rings (SSSR count). The molecule has 0 spiro atoms. The molecule has 0 aliphatic carbocycles. The van der Waals surface area contributed by atoms with Crippen LogP contribution in [-0.4, -0.2) is 129 Å². The van der Waals surface area contributed by atoms with Crippen LogP contribution in [0.4, 0.5) is 8.78 Å². The van der Waals surface area contributed by atoms with E-state index < -0.39 is 91.9 Å². The molecular weight excluding hydrogens is 1390 g/mol. The van der Waals surface area contributed by atoms with Crippen LogP contribution >= 0.6 is 0 Å². The number of alkyl halides is 2. The Morgan fingerprint density at radius 1 is 0.367 bits per heavy atom. The lowest BCUT2D eigenvalue weighted by Crippen LogP contribution is -2.48. The number of halogens is 2. The average molecular weight is 1490 g/mol. The van der Waals surface area contributed by atoms with Gasteiger partial charge in [0.05, 0.1) is 91.8 Å². The number of carbonyl (C=O) groups is 2. The first kappa shape index (κ1) is 81.2. The predicted molar refractivity (Wildman–Crippen MR) is 413 cm³/mol. The number of Topliss-reactive ketones (excluding diaryl/α,β-unsaturated/α-hetero) is 1. The predicted octanol–water partition coefficient (Wildman–Crippen LogP) is 16.8. The summed E-state index contributed by atoms with van der Waals surface area (Å²) in [6.45, 7) is 7.42. The van der Waals surface area contributed by atoms with E-state index in [2.05, 4.69) is 60.7 Å². The molecule has 18 heteroatoms. The Morgan fingerprint density at radius 3 is 1.04 bits per heavy atom. The average Bonchev–Trinajstić information content (AvgIpc) is 1.75. The van der Waals surface area contributed by atoms with Crippen molar-refractivity contribution in [3.63, 3.8) is 0 Å². The molecule has 1 N–H and O–H groups in total. The van der Waals surface area contributed by atoms with Gasteiger partial charge in [0.25, 0.3) is 0 Å². The first-order chi connectivity index (χ1) is 53.4. The molecule has 574 valence electrons. The highest BCUT2D eigenvalue weighted by Gasteiger charge is 2.49. The van der Waals surface area contributed by atoms with Gasteiger partial charge in [-0.15, -0.1) is 0 Å². The SMILES string of the molecule is CC[C@H]1O[C@@H](OCC(OCc2ccccc2)C(OCc2ccccc2)C(COCc2ccc3ccccc3c2)OCc2ccccc2)[C@@H](F)C1O.CC[C@H]1O[C@@H](OCC(OCc2ccccc2)C(OCc2ccccc2)C(COCc2ccc3ccccc3c2)OCc2ccccc2)[C@@H](F)C1OC(=O)CCC(C)=O. The fourth-order valence-electron chi connectivity index (χ4n) is 13.1. The molecule has 8 unspecified atom stereocenters. The van der Waals surface area contributed by atoms with Crippen molar-refractivity contribution in [3.8, 4) is 0 Å². The molecule has 2 aliphatic heterocycles. The quantitative estimate of drug-likeness (QED) is 0.0358. The molecule has 2 saturated heterocycles. The van der Waals surface area contributed by atoms with E-state index in [1.807, 2.05) is 220 Å². The number of rotatable bonds is 42. The van der Waals surface area contributed by atoms with E-state index in [9.17, 15) is 14.7 Å². The van der Waals surface area contributed by atoms with Crippen molar-refractivity contribution >= 4 is 33.3 Å². The van der Waals surface area contributed by atoms with Gasteiger partial charge in [0.15, 0.2) is 31.0 Å². The Morgan fingerprint density at radius 2 is 0.688 bits per heavy atom. The fraction of sp³-hybridized carbons (Fsp3) is 0.363. The van der Waals surface area contributed by atoms with Crippen molar-refractivity contribution < 1.29 is 85.1 Å². The molecule has 2 heterocycles. The number of aliphatic hydroxyl groups excluding tert-OH is 1. The minimum atomic E-state index is -1.78. The molecule has 2 aliphatic rings. The molecular formula is C91H100F2O16. The molecule has 14 atom stereocenters. The molecule has 2 fully saturated rings. The third-order valence-corrected chi connectivity index (χ3v) is 19.1. The van der Waals surface area contributed by atoms with Gasteiger partial charge in [-0.1, -0.05) is 269 Å². The number of benzene rings is 10. The zero-order valence-corrected chi connectivity index (χ0v) is 62.1. The van der Waals surface area contributed by atoms with Gasteiger partial charge in [0, 0.05) is 6.42 Å². The number of esters is 1. The van der Waals surface area contributed by atoms with Crippen molar-refractivity contribution in [3.05, 3.63) is 311 Å². The van der Waals surface area contributed by atoms with Crippen LogP contribution in [0, 0.1) is 0 Å². The Kier molecular flexibility index (Phi) is 32.4. The highest BCUT2D eigenvalue weighted by atomic mass is 19.1. The molecule has 16 nitrogen and oxygen atoms in total. The summed E-state index contributed by atoms with van der Waals surface area (Å²) >= 11 is 0. The van der Waals surface area contributed by atoms with Crippen molar-refractivity contribution in [1.29, 1.82) is 0 Å². The second-order valence-electron chi connectivity index (χ2n) is 27.4. The summed E-state index contributed by atoms with van der Waals surface area (Å²) in [5.74, 6) is -0.813. The lowest BCUT2D eigenvalue weighted by molar-refractivity contribution is -0.212. The largest absolute Gasteiger partial charge is 0.456 e. The Balaban J connectivity index is 0.000000218. The van der Waals surface area contributed by atoms with Crippen LogP contribution in [0.1, 0.15) is 91.0 Å². The van der Waals surface area contributed by atoms with Crippen LogP contribution < -0.4 is 0 Å². The first-order valence-electron chi connectivity index (χ1n) is 37.7. The molecule has 0 amide bonds. The maximum Gasteiger partial charge on any atom is 0.306 e. The van der Waals surface area contributed by atoms with Gasteiger partial charge in [-0.3, -0.25) is 4.79 Å². The normalized spacial score (nSPS) is 20.0. The Bertz CT molecular complexity index is 4250. The number of hydrogen-bond acceptors (Lipinski definition) is 16. The van der Waals surface area contributed by atoms with Gasteiger partial charge in [-0.25, -0.2) is 8.78 Å². The fourth-order valence-corrected chi connectivity index (χ4v) is 13.1. The number of fused-ring (bicyclic) bond motifs is 2. The molecule has 0 saturated carbocycles. The number of ketones is 1. The topological polar surface area (TPSA) is 174 Å². The van der Waals surface area contributed by atoms with Crippen LogP contribution in [0.5, 0.6) is 0 Å². The van der Waals surface area contributed by atoms with Crippen LogP contribution in [0.3, 0.4) is 0 Å². The van der Waals surface area contributed by atoms with Crippen molar-refractivity contribution in [1.82, 2.24) is 0 Å². The molecule has 0 bridgehead atoms. The van der Waals surface area contributed by atoms with E-state index in [0.717, 1.165) is 66.1 Å². The molecule has 10 aromatic carbocycles. The van der Waals surface area contributed by atoms with Gasteiger partial charge in [0.1, 0.15) is 54.6 Å². The number of aliphatic hydroxyl groups is 1. The van der Waals surface area contributed by atoms with Gasteiger partial charge in [-0.05, 0) is 98.0 Å². The minimum Gasteiger partial charge on any atom is -0.456 e. The minimum absolute atomic E-state index is 0.0182. The highest BCUT2D eigenvalue weighted by Crippen LogP contribution is 2.33. The summed E-state index contributed by atoms with van der Waals surface area (Å²) in [5, 5.41) is 15.0. The van der Waals surface area contributed by atoms with Gasteiger partial charge in [-0.2, -0.15) is 0 Å². The van der Waals surface area contributed by atoms with Crippen LogP contribution in [0.25, 0.3) is 21.5 Å². The van der Waals surface area contributed by atoms with Crippen molar-refractivity contribution in [2.24, 2.45) is 0 Å². The van der Waals surface area contributed by atoms with E-state index in [4.69, 9.17) is 61.6 Å². The third kappa shape index (κ3) is 25.4. The first-order valence-corrected chi connectivity index (χ1v) is 37.7. The van der Waals surface area contributed by atoms with E-state index in [1.165, 1.54) is 6.92 Å². The lowest BCUT2D eigenvalue weighted by Gasteiger charge is -2.34. The van der Waals surface area contributed by atoms with Gasteiger partial charge < -0.3 is 71.5 Å². The summed E-state index contributed by atoms with van der Waals surface area (Å²) in [6, 6.07) is 87.9. The van der Waals surface area contributed by atoms with E-state index >= 15 is 8.78 Å². The molecule has 109 heavy (non-hydrogen) atoms. The Labute approximate surface area is 638 Å². The number of hydrogen-bond donors (Lipinski definition) is 1. The standard InChI is InChI=1S/C48H53FO9.C43H47FO7/c1-3-41-47(58-44(51)26-23-34(2)50)45(49)48(57-41)56-33-43(54-30-36-17-9-5-10-18-36)46(55-31-37-19-11-6-12-20-37)42(53-29-35-15-7-4-8-16-35)32-52-28-38-24-25-39-21-13-14-22-40(39)27-38;1-2-37-41(45)40(44)43(51-37)50-30-39(48-27-32-16-8-4-9-17-32)42(49-28-33-18-10-5-11-19-33)38(47-26-31-14-6-3-7-15-31)29-46-25-34-22-23-35-20-12-13-21-36(35)24-34/h4-22,24-25,27,41-43,45-48H,3,23,26,28-33H2,1-2H3;3-24,37-43,45H,2,25-30H2,1H3/t41-,42?,43?,45+,46?,47?,48-;37-,38?,39?,40+,41?,42?,43-/m11/s1. The summed E-state index contributed by atoms with van der Waals surface area (Å²) in [7, 11) is 0. The highest BCUT2D eigenvalue weighted by molar-refractivity contribution is 5.84. The van der Waals surface area contributed by atoms with Crippen LogP contribution in [0.15, 0.2) is 267 Å². The van der Waals surface area contributed by atoms with E-state index in [0.29, 0.717) is 32.7 Å². The van der Waals surface area contributed by atoms with Gasteiger partial charge >= 0.3 is 5.97 Å². The summed E-state index contributed by atoms with van der Waals surface area (Å²) in [5.41, 5.74) is 7.81. The van der Waals surface area contributed by atoms with Crippen LogP contribution in [0.2, 0.25) is 0 Å². The zero-order valence-electron chi connectivity index (χ0n) is 62.1. The molecule has 0 radical (unpaired) electrons. The maximum atomic E-state index is 16.1. The third-order valence-electron chi connectivity index (χ3n) is 19.1. The monoisotopic (exact) mass is 1490 g/mol. The summed E-state index contributed by atoms with van der Waals surface area (Å²) < 4.78 is 114. The van der Waals surface area contributed by atoms with E-state index in [-0.39, 0.29) is 78.1 Å². The van der Waals surface area contributed by atoms with Crippen molar-refractivity contribution in [2.75, 3.05) is 26.4 Å². The number of carbonyl (C=O) groups excluding carboxylic acids is 2. The molecule has 0 aromatic heterocycles.